The zero-order chi connectivity index (χ0) is 21.3. The van der Waals surface area contributed by atoms with Crippen LogP contribution >= 0.6 is 11.3 Å². The van der Waals surface area contributed by atoms with Crippen LogP contribution in [0.15, 0.2) is 35.4 Å². The van der Waals surface area contributed by atoms with E-state index in [1.165, 1.54) is 22.7 Å². The number of thiophene rings is 1. The molecule has 2 heterocycles. The fraction of sp³-hybridized carbons (Fsp3) is 0.391. The van der Waals surface area contributed by atoms with Gasteiger partial charge in [0.25, 0.3) is 5.56 Å². The van der Waals surface area contributed by atoms with Crippen molar-refractivity contribution in [2.24, 2.45) is 5.92 Å². The van der Waals surface area contributed by atoms with Crippen LogP contribution in [0, 0.1) is 5.92 Å². The van der Waals surface area contributed by atoms with Crippen molar-refractivity contribution in [3.8, 4) is 0 Å². The Bertz CT molecular complexity index is 1160. The van der Waals surface area contributed by atoms with Crippen molar-refractivity contribution >= 4 is 33.2 Å². The summed E-state index contributed by atoms with van der Waals surface area (Å²) in [6.45, 7) is 4.27. The van der Waals surface area contributed by atoms with Crippen molar-refractivity contribution in [1.82, 2.24) is 14.9 Å². The van der Waals surface area contributed by atoms with Gasteiger partial charge in [-0.05, 0) is 42.7 Å². The molecule has 1 N–H and O–H groups in total. The second kappa shape index (κ2) is 8.52. The molecule has 0 fully saturated rings. The van der Waals surface area contributed by atoms with Gasteiger partial charge in [0.15, 0.2) is 5.78 Å². The summed E-state index contributed by atoms with van der Waals surface area (Å²) in [6.07, 6.45) is 5.19. The minimum Gasteiger partial charge on any atom is -0.356 e. The first-order valence-electron chi connectivity index (χ1n) is 10.3. The highest BCUT2D eigenvalue weighted by Crippen LogP contribution is 2.35. The smallest absolute Gasteiger partial charge is 0.262 e. The molecule has 0 bridgehead atoms. The molecule has 6 nitrogen and oxygen atoms in total. The SMILES string of the molecule is CC(=O)NCCc1ccc(C(=O)Cn2cnc3sc4c(c3c2=O)CC[C@@H](C)C4)cc1. The maximum absolute atomic E-state index is 13.1. The van der Waals surface area contributed by atoms with Crippen LogP contribution in [-0.2, 0) is 30.6 Å². The first-order valence-corrected chi connectivity index (χ1v) is 11.1. The molecule has 7 heteroatoms. The second-order valence-corrected chi connectivity index (χ2v) is 9.15. The van der Waals surface area contributed by atoms with Crippen LogP contribution in [0.25, 0.3) is 10.2 Å². The topological polar surface area (TPSA) is 81.1 Å². The molecule has 0 saturated heterocycles. The molecule has 0 saturated carbocycles. The summed E-state index contributed by atoms with van der Waals surface area (Å²) in [5.74, 6) is 0.458. The number of aromatic nitrogens is 2. The van der Waals surface area contributed by atoms with Gasteiger partial charge in [-0.25, -0.2) is 4.98 Å². The van der Waals surface area contributed by atoms with Crippen LogP contribution in [0.2, 0.25) is 0 Å². The fourth-order valence-corrected chi connectivity index (χ4v) is 5.31. The summed E-state index contributed by atoms with van der Waals surface area (Å²) in [7, 11) is 0. The molecule has 1 aromatic carbocycles. The summed E-state index contributed by atoms with van der Waals surface area (Å²) < 4.78 is 1.43. The van der Waals surface area contributed by atoms with Crippen molar-refractivity contribution in [1.29, 1.82) is 0 Å². The number of nitrogens with one attached hydrogen (secondary N) is 1. The molecular weight excluding hydrogens is 398 g/mol. The minimum absolute atomic E-state index is 0.0198. The standard InChI is InChI=1S/C23H25N3O3S/c1-14-3-8-18-20(11-14)30-22-21(18)23(29)26(13-25-22)12-19(28)17-6-4-16(5-7-17)9-10-24-15(2)27/h4-7,13-14H,3,8-12H2,1-2H3,(H,24,27)/t14-/m1/s1. The zero-order valence-corrected chi connectivity index (χ0v) is 18.1. The maximum Gasteiger partial charge on any atom is 0.262 e. The van der Waals surface area contributed by atoms with Gasteiger partial charge < -0.3 is 5.32 Å². The van der Waals surface area contributed by atoms with E-state index >= 15 is 0 Å². The number of Topliss-reactive ketones (excluding diaryl/α,β-unsaturated/α-hetero) is 1. The van der Waals surface area contributed by atoms with Crippen molar-refractivity contribution in [2.75, 3.05) is 6.54 Å². The van der Waals surface area contributed by atoms with E-state index in [1.54, 1.807) is 23.5 Å². The predicted octanol–water partition coefficient (Wildman–Crippen LogP) is 3.14. The van der Waals surface area contributed by atoms with E-state index in [1.807, 2.05) is 12.1 Å². The van der Waals surface area contributed by atoms with Crippen molar-refractivity contribution in [3.63, 3.8) is 0 Å². The molecule has 30 heavy (non-hydrogen) atoms. The molecule has 0 unspecified atom stereocenters. The largest absolute Gasteiger partial charge is 0.356 e. The normalized spacial score (nSPS) is 15.7. The van der Waals surface area contributed by atoms with Gasteiger partial charge in [-0.3, -0.25) is 19.0 Å². The quantitative estimate of drug-likeness (QED) is 0.618. The van der Waals surface area contributed by atoms with Crippen molar-refractivity contribution in [2.45, 2.75) is 46.1 Å². The summed E-state index contributed by atoms with van der Waals surface area (Å²) in [5, 5.41) is 3.46. The van der Waals surface area contributed by atoms with Crippen molar-refractivity contribution in [3.05, 3.63) is 62.5 Å². The summed E-state index contributed by atoms with van der Waals surface area (Å²) in [6, 6.07) is 7.32. The predicted molar refractivity (Wildman–Crippen MR) is 118 cm³/mol. The molecule has 4 rings (SSSR count). The number of aryl methyl sites for hydroxylation is 1. The number of carbonyl (C=O) groups excluding carboxylic acids is 2. The number of hydrogen-bond donors (Lipinski definition) is 1. The summed E-state index contributed by atoms with van der Waals surface area (Å²) in [5.41, 5.74) is 2.62. The highest BCUT2D eigenvalue weighted by molar-refractivity contribution is 7.18. The Hall–Kier alpha value is -2.80. The van der Waals surface area contributed by atoms with Gasteiger partial charge in [0.2, 0.25) is 5.91 Å². The van der Waals surface area contributed by atoms with Crippen molar-refractivity contribution < 1.29 is 9.59 Å². The van der Waals surface area contributed by atoms with Gasteiger partial charge >= 0.3 is 0 Å². The molecular formula is C23H25N3O3S. The number of benzene rings is 1. The molecule has 1 atom stereocenters. The Morgan fingerprint density at radius 3 is 2.77 bits per heavy atom. The van der Waals surface area contributed by atoms with E-state index in [-0.39, 0.29) is 23.8 Å². The van der Waals surface area contributed by atoms with Crippen LogP contribution in [0.5, 0.6) is 0 Å². The molecule has 1 aliphatic carbocycles. The first kappa shape index (κ1) is 20.5. The van der Waals surface area contributed by atoms with Crippen LogP contribution in [0.4, 0.5) is 0 Å². The third-order valence-electron chi connectivity index (χ3n) is 5.66. The lowest BCUT2D eigenvalue weighted by molar-refractivity contribution is -0.118. The molecule has 2 aromatic heterocycles. The molecule has 0 aliphatic heterocycles. The van der Waals surface area contributed by atoms with Crippen LogP contribution in [-0.4, -0.2) is 27.8 Å². The maximum atomic E-state index is 13.1. The van der Waals surface area contributed by atoms with Crippen LogP contribution < -0.4 is 10.9 Å². The molecule has 0 spiro atoms. The lowest BCUT2D eigenvalue weighted by Crippen LogP contribution is -2.25. The zero-order valence-electron chi connectivity index (χ0n) is 17.2. The molecule has 156 valence electrons. The number of fused-ring (bicyclic) bond motifs is 3. The lowest BCUT2D eigenvalue weighted by Gasteiger charge is -2.17. The number of rotatable bonds is 6. The van der Waals surface area contributed by atoms with E-state index in [2.05, 4.69) is 17.2 Å². The third-order valence-corrected chi connectivity index (χ3v) is 6.82. The second-order valence-electron chi connectivity index (χ2n) is 8.06. The van der Waals surface area contributed by atoms with Gasteiger partial charge in [-0.15, -0.1) is 11.3 Å². The Morgan fingerprint density at radius 2 is 2.03 bits per heavy atom. The highest BCUT2D eigenvalue weighted by Gasteiger charge is 2.23. The number of carbonyl (C=O) groups is 2. The van der Waals surface area contributed by atoms with Gasteiger partial charge in [0.05, 0.1) is 18.3 Å². The van der Waals surface area contributed by atoms with E-state index in [4.69, 9.17) is 0 Å². The number of hydrogen-bond acceptors (Lipinski definition) is 5. The van der Waals surface area contributed by atoms with Gasteiger partial charge in [-0.1, -0.05) is 31.2 Å². The first-order chi connectivity index (χ1) is 14.4. The van der Waals surface area contributed by atoms with Crippen LogP contribution in [0.1, 0.15) is 46.6 Å². The average Bonchev–Trinajstić information content (AvgIpc) is 3.08. The van der Waals surface area contributed by atoms with E-state index in [0.29, 0.717) is 29.8 Å². The Kier molecular flexibility index (Phi) is 5.81. The molecule has 0 radical (unpaired) electrons. The fourth-order valence-electron chi connectivity index (χ4n) is 3.96. The van der Waals surface area contributed by atoms with E-state index in [9.17, 15) is 14.4 Å². The summed E-state index contributed by atoms with van der Waals surface area (Å²) in [4.78, 5) is 43.3. The molecule has 1 amide bonds. The molecule has 3 aromatic rings. The number of nitrogens with zero attached hydrogens (tertiary/aromatic N) is 2. The Balaban J connectivity index is 1.51. The third kappa shape index (κ3) is 4.21. The van der Waals surface area contributed by atoms with E-state index < -0.39 is 0 Å². The lowest BCUT2D eigenvalue weighted by atomic mass is 9.89. The summed E-state index contributed by atoms with van der Waals surface area (Å²) >= 11 is 1.62. The average molecular weight is 424 g/mol. The number of ketones is 1. The van der Waals surface area contributed by atoms with Crippen LogP contribution in [0.3, 0.4) is 0 Å². The minimum atomic E-state index is -0.121. The van der Waals surface area contributed by atoms with Gasteiger partial charge in [0, 0.05) is 23.9 Å². The molecule has 1 aliphatic rings. The highest BCUT2D eigenvalue weighted by atomic mass is 32.1. The van der Waals surface area contributed by atoms with E-state index in [0.717, 1.165) is 35.2 Å². The number of amides is 1. The monoisotopic (exact) mass is 423 g/mol. The van der Waals surface area contributed by atoms with Gasteiger partial charge in [0.1, 0.15) is 4.83 Å². The Morgan fingerprint density at radius 1 is 1.27 bits per heavy atom. The van der Waals surface area contributed by atoms with Gasteiger partial charge in [-0.2, -0.15) is 0 Å². The Labute approximate surface area is 179 Å².